The molecular formula is C10H14BNO. The van der Waals surface area contributed by atoms with Crippen molar-refractivity contribution in [1.82, 2.24) is 4.98 Å². The average molecular weight is 175 g/mol. The summed E-state index contributed by atoms with van der Waals surface area (Å²) >= 11 is 0. The molecule has 0 saturated heterocycles. The lowest BCUT2D eigenvalue weighted by atomic mass is 9.96. The highest BCUT2D eigenvalue weighted by molar-refractivity contribution is 6.33. The van der Waals surface area contributed by atoms with Gasteiger partial charge in [0.2, 0.25) is 5.88 Å². The van der Waals surface area contributed by atoms with Crippen molar-refractivity contribution in [1.29, 1.82) is 0 Å². The van der Waals surface area contributed by atoms with Gasteiger partial charge in [-0.2, -0.15) is 0 Å². The van der Waals surface area contributed by atoms with Crippen LogP contribution in [0.15, 0.2) is 12.1 Å². The normalized spacial score (nSPS) is 10.5. The third kappa shape index (κ3) is 2.48. The molecule has 2 nitrogen and oxygen atoms in total. The van der Waals surface area contributed by atoms with E-state index in [9.17, 15) is 0 Å². The van der Waals surface area contributed by atoms with Gasteiger partial charge in [0, 0.05) is 5.69 Å². The number of hydrogen-bond donors (Lipinski definition) is 0. The van der Waals surface area contributed by atoms with E-state index in [0.29, 0.717) is 23.9 Å². The van der Waals surface area contributed by atoms with Crippen molar-refractivity contribution in [3.63, 3.8) is 0 Å². The van der Waals surface area contributed by atoms with E-state index in [2.05, 4.69) is 18.8 Å². The van der Waals surface area contributed by atoms with E-state index in [1.807, 2.05) is 19.1 Å². The highest BCUT2D eigenvalue weighted by atomic mass is 16.5. The Morgan fingerprint density at radius 3 is 2.69 bits per heavy atom. The Kier molecular flexibility index (Phi) is 3.35. The Hall–Kier alpha value is -0.985. The maximum Gasteiger partial charge on any atom is 0.206 e. The lowest BCUT2D eigenvalue weighted by Crippen LogP contribution is -2.12. The zero-order valence-electron chi connectivity index (χ0n) is 8.37. The van der Waals surface area contributed by atoms with Gasteiger partial charge in [-0.3, -0.25) is 0 Å². The molecular weight excluding hydrogens is 161 g/mol. The maximum absolute atomic E-state index is 5.69. The molecule has 0 bridgehead atoms. The first-order valence-electron chi connectivity index (χ1n) is 4.54. The molecule has 0 spiro atoms. The molecule has 68 valence electrons. The number of nitrogens with zero attached hydrogens (tertiary/aromatic N) is 1. The minimum absolute atomic E-state index is 0.403. The molecule has 0 saturated carbocycles. The third-order valence-corrected chi connectivity index (χ3v) is 1.78. The van der Waals surface area contributed by atoms with Gasteiger partial charge in [0.25, 0.3) is 0 Å². The van der Waals surface area contributed by atoms with Gasteiger partial charge in [-0.1, -0.05) is 19.9 Å². The van der Waals surface area contributed by atoms with Crippen molar-refractivity contribution in [2.24, 2.45) is 0 Å². The first kappa shape index (κ1) is 10.1. The molecule has 13 heavy (non-hydrogen) atoms. The van der Waals surface area contributed by atoms with Gasteiger partial charge < -0.3 is 4.74 Å². The van der Waals surface area contributed by atoms with Crippen molar-refractivity contribution in [3.05, 3.63) is 17.8 Å². The fraction of sp³-hybridized carbons (Fsp3) is 0.500. The molecule has 1 aromatic heterocycles. The van der Waals surface area contributed by atoms with Crippen LogP contribution in [-0.4, -0.2) is 19.4 Å². The molecule has 1 rings (SSSR count). The van der Waals surface area contributed by atoms with E-state index in [0.717, 1.165) is 5.69 Å². The second kappa shape index (κ2) is 4.31. The lowest BCUT2D eigenvalue weighted by Gasteiger charge is -2.10. The highest BCUT2D eigenvalue weighted by Gasteiger charge is 2.04. The smallest absolute Gasteiger partial charge is 0.206 e. The molecule has 0 aliphatic carbocycles. The number of rotatable bonds is 3. The van der Waals surface area contributed by atoms with Gasteiger partial charge in [0.15, 0.2) is 0 Å². The van der Waals surface area contributed by atoms with Crippen molar-refractivity contribution >= 4 is 13.3 Å². The Morgan fingerprint density at radius 1 is 1.46 bits per heavy atom. The molecule has 0 aliphatic rings. The molecule has 3 heteroatoms. The Morgan fingerprint density at radius 2 is 2.15 bits per heavy atom. The number of ether oxygens (including phenoxy) is 1. The number of aromatic nitrogens is 1. The minimum Gasteiger partial charge on any atom is -0.478 e. The fourth-order valence-electron chi connectivity index (χ4n) is 1.04. The van der Waals surface area contributed by atoms with Crippen molar-refractivity contribution in [2.75, 3.05) is 6.61 Å². The summed E-state index contributed by atoms with van der Waals surface area (Å²) in [4.78, 5) is 4.31. The standard InChI is InChI=1S/C10H14BNO/c1-4-13-10-8(11)5-6-9(12-10)7(2)3/h5-7H,4H2,1-3H3. The topological polar surface area (TPSA) is 22.1 Å². The highest BCUT2D eigenvalue weighted by Crippen LogP contribution is 2.13. The van der Waals surface area contributed by atoms with E-state index in [1.54, 1.807) is 0 Å². The second-order valence-electron chi connectivity index (χ2n) is 3.22. The average Bonchev–Trinajstić information content (AvgIpc) is 2.08. The van der Waals surface area contributed by atoms with Gasteiger partial charge in [0.1, 0.15) is 7.85 Å². The van der Waals surface area contributed by atoms with E-state index in [1.165, 1.54) is 0 Å². The summed E-state index contributed by atoms with van der Waals surface area (Å²) in [5, 5.41) is 0. The summed E-state index contributed by atoms with van der Waals surface area (Å²) < 4.78 is 5.29. The Bertz CT molecular complexity index is 286. The SMILES string of the molecule is [B]c1ccc(C(C)C)nc1OCC. The van der Waals surface area contributed by atoms with E-state index >= 15 is 0 Å². The van der Waals surface area contributed by atoms with Crippen LogP contribution in [0, 0.1) is 0 Å². The third-order valence-electron chi connectivity index (χ3n) is 1.78. The van der Waals surface area contributed by atoms with E-state index < -0.39 is 0 Å². The lowest BCUT2D eigenvalue weighted by molar-refractivity contribution is 0.328. The van der Waals surface area contributed by atoms with Crippen LogP contribution >= 0.6 is 0 Å². The molecule has 0 N–H and O–H groups in total. The Balaban J connectivity index is 2.97. The van der Waals surface area contributed by atoms with Crippen LogP contribution in [-0.2, 0) is 0 Å². The molecule has 0 fully saturated rings. The molecule has 0 unspecified atom stereocenters. The van der Waals surface area contributed by atoms with Crippen LogP contribution in [0.1, 0.15) is 32.4 Å². The summed E-state index contributed by atoms with van der Waals surface area (Å²) in [6.45, 7) is 6.70. The van der Waals surface area contributed by atoms with Gasteiger partial charge in [-0.25, -0.2) is 4.98 Å². The maximum atomic E-state index is 5.69. The quantitative estimate of drug-likeness (QED) is 0.647. The monoisotopic (exact) mass is 175 g/mol. The van der Waals surface area contributed by atoms with Crippen LogP contribution < -0.4 is 10.2 Å². The van der Waals surface area contributed by atoms with Crippen LogP contribution in [0.4, 0.5) is 0 Å². The molecule has 0 amide bonds. The van der Waals surface area contributed by atoms with Crippen molar-refractivity contribution in [2.45, 2.75) is 26.7 Å². The zero-order valence-corrected chi connectivity index (χ0v) is 8.37. The molecule has 1 aromatic rings. The van der Waals surface area contributed by atoms with Gasteiger partial charge in [0.05, 0.1) is 6.61 Å². The predicted octanol–water partition coefficient (Wildman–Crippen LogP) is 1.40. The van der Waals surface area contributed by atoms with Gasteiger partial charge >= 0.3 is 0 Å². The first-order chi connectivity index (χ1) is 6.15. The van der Waals surface area contributed by atoms with Crippen molar-refractivity contribution in [3.8, 4) is 5.88 Å². The molecule has 2 radical (unpaired) electrons. The van der Waals surface area contributed by atoms with Crippen LogP contribution in [0.2, 0.25) is 0 Å². The summed E-state index contributed by atoms with van der Waals surface area (Å²) in [6, 6.07) is 3.77. The number of hydrogen-bond acceptors (Lipinski definition) is 2. The molecule has 0 atom stereocenters. The molecule has 0 aromatic carbocycles. The van der Waals surface area contributed by atoms with Gasteiger partial charge in [-0.15, -0.1) is 0 Å². The minimum atomic E-state index is 0.403. The fourth-order valence-corrected chi connectivity index (χ4v) is 1.04. The summed E-state index contributed by atoms with van der Waals surface area (Å²) in [5.74, 6) is 0.952. The van der Waals surface area contributed by atoms with Crippen LogP contribution in [0.5, 0.6) is 5.88 Å². The van der Waals surface area contributed by atoms with Crippen LogP contribution in [0.25, 0.3) is 0 Å². The summed E-state index contributed by atoms with van der Waals surface area (Å²) in [7, 11) is 5.69. The summed E-state index contributed by atoms with van der Waals surface area (Å²) in [5.41, 5.74) is 1.61. The molecule has 1 heterocycles. The van der Waals surface area contributed by atoms with Gasteiger partial charge in [-0.05, 0) is 24.4 Å². The number of pyridine rings is 1. The molecule has 0 aliphatic heterocycles. The second-order valence-corrected chi connectivity index (χ2v) is 3.22. The predicted molar refractivity (Wildman–Crippen MR) is 54.9 cm³/mol. The van der Waals surface area contributed by atoms with E-state index in [4.69, 9.17) is 12.6 Å². The largest absolute Gasteiger partial charge is 0.478 e. The summed E-state index contributed by atoms with van der Waals surface area (Å²) in [6.07, 6.45) is 0. The Labute approximate surface area is 80.7 Å². The first-order valence-corrected chi connectivity index (χ1v) is 4.54. The van der Waals surface area contributed by atoms with Crippen molar-refractivity contribution < 1.29 is 4.74 Å². The van der Waals surface area contributed by atoms with E-state index in [-0.39, 0.29) is 0 Å². The zero-order chi connectivity index (χ0) is 9.84. The van der Waals surface area contributed by atoms with Crippen LogP contribution in [0.3, 0.4) is 0 Å².